The number of carboxylic acid groups (broad SMARTS) is 1. The molecule has 2 aromatic rings. The van der Waals surface area contributed by atoms with Crippen LogP contribution in [0.25, 0.3) is 11.3 Å². The van der Waals surface area contributed by atoms with E-state index in [9.17, 15) is 13.6 Å². The molecule has 4 nitrogen and oxygen atoms in total. The van der Waals surface area contributed by atoms with Gasteiger partial charge in [0, 0.05) is 12.6 Å². The van der Waals surface area contributed by atoms with E-state index in [1.807, 2.05) is 0 Å². The van der Waals surface area contributed by atoms with Crippen LogP contribution >= 0.6 is 0 Å². The zero-order valence-corrected chi connectivity index (χ0v) is 8.82. The number of nitrogens with zero attached hydrogens (tertiary/aromatic N) is 2. The second-order valence-corrected chi connectivity index (χ2v) is 3.46. The first-order valence-corrected chi connectivity index (χ1v) is 4.71. The molecule has 0 radical (unpaired) electrons. The number of carboxylic acids is 1. The van der Waals surface area contributed by atoms with E-state index in [0.29, 0.717) is 0 Å². The van der Waals surface area contributed by atoms with Crippen molar-refractivity contribution in [1.29, 1.82) is 0 Å². The third kappa shape index (κ3) is 1.89. The lowest BCUT2D eigenvalue weighted by atomic mass is 10.1. The van der Waals surface area contributed by atoms with Crippen LogP contribution in [0.1, 0.15) is 10.6 Å². The molecular weight excluding hydrogens is 230 g/mol. The van der Waals surface area contributed by atoms with Gasteiger partial charge in [0.2, 0.25) is 5.82 Å². The number of imidazole rings is 1. The number of aromatic nitrogens is 2. The molecule has 0 saturated heterocycles. The Labute approximate surface area is 95.1 Å². The van der Waals surface area contributed by atoms with Gasteiger partial charge in [0.15, 0.2) is 0 Å². The molecule has 0 spiro atoms. The van der Waals surface area contributed by atoms with E-state index in [2.05, 4.69) is 4.98 Å². The van der Waals surface area contributed by atoms with Crippen molar-refractivity contribution in [2.75, 3.05) is 0 Å². The molecule has 6 heteroatoms. The van der Waals surface area contributed by atoms with Gasteiger partial charge in [-0.15, -0.1) is 0 Å². The van der Waals surface area contributed by atoms with Gasteiger partial charge >= 0.3 is 5.97 Å². The molecule has 0 aliphatic carbocycles. The van der Waals surface area contributed by atoms with Crippen LogP contribution in [0.15, 0.2) is 24.4 Å². The first-order chi connectivity index (χ1) is 8.00. The summed E-state index contributed by atoms with van der Waals surface area (Å²) in [6.45, 7) is 0. The molecule has 0 atom stereocenters. The maximum atomic E-state index is 13.5. The van der Waals surface area contributed by atoms with Crippen molar-refractivity contribution < 1.29 is 18.7 Å². The third-order valence-corrected chi connectivity index (χ3v) is 2.38. The molecule has 17 heavy (non-hydrogen) atoms. The SMILES string of the molecule is Cn1c(-c2cc(F)ccc2F)cnc1C(=O)O. The van der Waals surface area contributed by atoms with Crippen molar-refractivity contribution in [3.8, 4) is 11.3 Å². The number of hydrogen-bond acceptors (Lipinski definition) is 2. The summed E-state index contributed by atoms with van der Waals surface area (Å²) in [6.07, 6.45) is 1.20. The fraction of sp³-hybridized carbons (Fsp3) is 0.0909. The summed E-state index contributed by atoms with van der Waals surface area (Å²) in [4.78, 5) is 14.4. The van der Waals surface area contributed by atoms with Gasteiger partial charge in [-0.25, -0.2) is 18.6 Å². The molecule has 0 fully saturated rings. The Morgan fingerprint density at radius 2 is 2.12 bits per heavy atom. The molecular formula is C11H8F2N2O2. The summed E-state index contributed by atoms with van der Waals surface area (Å²) in [6, 6.07) is 2.98. The van der Waals surface area contributed by atoms with Gasteiger partial charge in [-0.2, -0.15) is 0 Å². The third-order valence-electron chi connectivity index (χ3n) is 2.38. The van der Waals surface area contributed by atoms with E-state index in [0.717, 1.165) is 18.2 Å². The average Bonchev–Trinajstić information content (AvgIpc) is 2.64. The second kappa shape index (κ2) is 3.97. The molecule has 88 valence electrons. The number of carbonyl (C=O) groups is 1. The summed E-state index contributed by atoms with van der Waals surface area (Å²) >= 11 is 0. The first-order valence-electron chi connectivity index (χ1n) is 4.71. The van der Waals surface area contributed by atoms with Gasteiger partial charge in [0.25, 0.3) is 0 Å². The molecule has 0 bridgehead atoms. The standard InChI is InChI=1S/C11H8F2N2O2/c1-15-9(5-14-10(15)11(16)17)7-4-6(12)2-3-8(7)13/h2-5H,1H3,(H,16,17). The van der Waals surface area contributed by atoms with Gasteiger partial charge in [-0.3, -0.25) is 0 Å². The number of aromatic carboxylic acids is 1. The van der Waals surface area contributed by atoms with E-state index >= 15 is 0 Å². The Balaban J connectivity index is 2.61. The lowest BCUT2D eigenvalue weighted by Crippen LogP contribution is -2.07. The molecule has 1 N–H and O–H groups in total. The Morgan fingerprint density at radius 3 is 2.71 bits per heavy atom. The fourth-order valence-corrected chi connectivity index (χ4v) is 1.55. The van der Waals surface area contributed by atoms with Gasteiger partial charge in [0.05, 0.1) is 11.9 Å². The Morgan fingerprint density at radius 1 is 1.41 bits per heavy atom. The normalized spacial score (nSPS) is 10.5. The molecule has 0 saturated carbocycles. The summed E-state index contributed by atoms with van der Waals surface area (Å²) < 4.78 is 27.7. The number of rotatable bonds is 2. The van der Waals surface area contributed by atoms with Crippen LogP contribution in [0.3, 0.4) is 0 Å². The molecule has 1 aromatic heterocycles. The molecule has 1 aromatic carbocycles. The largest absolute Gasteiger partial charge is 0.475 e. The zero-order chi connectivity index (χ0) is 12.6. The zero-order valence-electron chi connectivity index (χ0n) is 8.82. The number of hydrogen-bond donors (Lipinski definition) is 1. The highest BCUT2D eigenvalue weighted by atomic mass is 19.1. The van der Waals surface area contributed by atoms with Gasteiger partial charge < -0.3 is 9.67 Å². The Kier molecular flexibility index (Phi) is 2.63. The van der Waals surface area contributed by atoms with Crippen LogP contribution in [-0.4, -0.2) is 20.6 Å². The predicted molar refractivity (Wildman–Crippen MR) is 55.5 cm³/mol. The minimum Gasteiger partial charge on any atom is -0.475 e. The van der Waals surface area contributed by atoms with Gasteiger partial charge in [0.1, 0.15) is 11.6 Å². The lowest BCUT2D eigenvalue weighted by molar-refractivity contribution is 0.0680. The van der Waals surface area contributed by atoms with Crippen molar-refractivity contribution in [2.24, 2.45) is 7.05 Å². The van der Waals surface area contributed by atoms with Gasteiger partial charge in [-0.1, -0.05) is 0 Å². The maximum absolute atomic E-state index is 13.5. The van der Waals surface area contributed by atoms with Crippen molar-refractivity contribution in [3.05, 3.63) is 41.9 Å². The van der Waals surface area contributed by atoms with Crippen LogP contribution in [0.4, 0.5) is 8.78 Å². The van der Waals surface area contributed by atoms with Crippen LogP contribution in [0.5, 0.6) is 0 Å². The number of benzene rings is 1. The first kappa shape index (κ1) is 11.3. The minimum absolute atomic E-state index is 0.0208. The smallest absolute Gasteiger partial charge is 0.372 e. The maximum Gasteiger partial charge on any atom is 0.372 e. The summed E-state index contributed by atoms with van der Waals surface area (Å²) in [5.74, 6) is -2.69. The highest BCUT2D eigenvalue weighted by molar-refractivity contribution is 5.84. The molecule has 1 heterocycles. The second-order valence-electron chi connectivity index (χ2n) is 3.46. The van der Waals surface area contributed by atoms with E-state index in [4.69, 9.17) is 5.11 Å². The predicted octanol–water partition coefficient (Wildman–Crippen LogP) is 2.06. The summed E-state index contributed by atoms with van der Waals surface area (Å²) in [5, 5.41) is 8.80. The van der Waals surface area contributed by atoms with E-state index in [1.165, 1.54) is 17.8 Å². The lowest BCUT2D eigenvalue weighted by Gasteiger charge is -2.05. The van der Waals surface area contributed by atoms with Crippen molar-refractivity contribution in [3.63, 3.8) is 0 Å². The molecule has 0 aliphatic rings. The van der Waals surface area contributed by atoms with E-state index < -0.39 is 17.6 Å². The quantitative estimate of drug-likeness (QED) is 0.871. The molecule has 0 unspecified atom stereocenters. The van der Waals surface area contributed by atoms with Crippen molar-refractivity contribution in [2.45, 2.75) is 0 Å². The number of halogens is 2. The average molecular weight is 238 g/mol. The van der Waals surface area contributed by atoms with Crippen LogP contribution in [0.2, 0.25) is 0 Å². The van der Waals surface area contributed by atoms with E-state index in [-0.39, 0.29) is 17.1 Å². The minimum atomic E-state index is -1.23. The van der Waals surface area contributed by atoms with Crippen molar-refractivity contribution >= 4 is 5.97 Å². The Hall–Kier alpha value is -2.24. The van der Waals surface area contributed by atoms with Crippen LogP contribution in [0, 0.1) is 11.6 Å². The molecule has 2 rings (SSSR count). The topological polar surface area (TPSA) is 55.1 Å². The summed E-state index contributed by atoms with van der Waals surface area (Å²) in [5.41, 5.74) is 0.187. The van der Waals surface area contributed by atoms with Crippen molar-refractivity contribution in [1.82, 2.24) is 9.55 Å². The monoisotopic (exact) mass is 238 g/mol. The van der Waals surface area contributed by atoms with Gasteiger partial charge in [-0.05, 0) is 18.2 Å². The van der Waals surface area contributed by atoms with Crippen LogP contribution < -0.4 is 0 Å². The Bertz CT molecular complexity index is 593. The highest BCUT2D eigenvalue weighted by Gasteiger charge is 2.16. The molecule has 0 amide bonds. The molecule has 0 aliphatic heterocycles. The summed E-state index contributed by atoms with van der Waals surface area (Å²) in [7, 11) is 1.43. The van der Waals surface area contributed by atoms with Crippen LogP contribution in [-0.2, 0) is 7.05 Å². The fourth-order valence-electron chi connectivity index (χ4n) is 1.55. The highest BCUT2D eigenvalue weighted by Crippen LogP contribution is 2.23. The van der Waals surface area contributed by atoms with E-state index in [1.54, 1.807) is 0 Å².